The molecule has 0 spiro atoms. The van der Waals surface area contributed by atoms with Gasteiger partial charge in [-0.2, -0.15) is 0 Å². The first kappa shape index (κ1) is 11.9. The Balaban J connectivity index is 3.00. The first-order valence-electron chi connectivity index (χ1n) is 5.18. The highest BCUT2D eigenvalue weighted by Gasteiger charge is 2.11. The van der Waals surface area contributed by atoms with Gasteiger partial charge in [0.2, 0.25) is 0 Å². The van der Waals surface area contributed by atoms with Crippen LogP contribution in [0.4, 0.5) is 0 Å². The molecule has 1 atom stereocenters. The molecule has 0 radical (unpaired) electrons. The lowest BCUT2D eigenvalue weighted by atomic mass is 10.1. The minimum absolute atomic E-state index is 0.264. The molecule has 15 heavy (non-hydrogen) atoms. The molecule has 1 aromatic rings. The van der Waals surface area contributed by atoms with Crippen LogP contribution in [0.25, 0.3) is 0 Å². The highest BCUT2D eigenvalue weighted by Crippen LogP contribution is 2.28. The van der Waals surface area contributed by atoms with Crippen molar-refractivity contribution in [3.63, 3.8) is 0 Å². The molecule has 84 valence electrons. The second kappa shape index (κ2) is 5.61. The predicted octanol–water partition coefficient (Wildman–Crippen LogP) is 2.37. The molecule has 0 aromatic heterocycles. The van der Waals surface area contributed by atoms with E-state index in [9.17, 15) is 0 Å². The van der Waals surface area contributed by atoms with Crippen LogP contribution in [0, 0.1) is 0 Å². The number of ether oxygens (including phenoxy) is 2. The zero-order valence-electron chi connectivity index (χ0n) is 9.83. The first-order chi connectivity index (χ1) is 7.22. The number of hydrogen-bond donors (Lipinski definition) is 1. The zero-order valence-corrected chi connectivity index (χ0v) is 9.83. The van der Waals surface area contributed by atoms with E-state index < -0.39 is 0 Å². The maximum atomic E-state index is 5.32. The molecule has 3 heteroatoms. The second-order valence-electron chi connectivity index (χ2n) is 3.39. The van der Waals surface area contributed by atoms with E-state index in [1.54, 1.807) is 14.2 Å². The normalized spacial score (nSPS) is 12.3. The molecule has 0 bridgehead atoms. The van der Waals surface area contributed by atoms with Crippen LogP contribution < -0.4 is 14.8 Å². The average Bonchev–Trinajstić information content (AvgIpc) is 2.28. The van der Waals surface area contributed by atoms with Gasteiger partial charge in [-0.25, -0.2) is 0 Å². The van der Waals surface area contributed by atoms with Crippen LogP contribution in [0.5, 0.6) is 11.5 Å². The van der Waals surface area contributed by atoms with Crippen molar-refractivity contribution in [2.45, 2.75) is 19.9 Å². The van der Waals surface area contributed by atoms with Crippen molar-refractivity contribution in [1.29, 1.82) is 0 Å². The van der Waals surface area contributed by atoms with Gasteiger partial charge in [0.05, 0.1) is 14.2 Å². The Morgan fingerprint density at radius 2 is 2.00 bits per heavy atom. The third-order valence-corrected chi connectivity index (χ3v) is 2.41. The third kappa shape index (κ3) is 2.86. The molecule has 1 unspecified atom stereocenters. The maximum Gasteiger partial charge on any atom is 0.123 e. The smallest absolute Gasteiger partial charge is 0.123 e. The van der Waals surface area contributed by atoms with E-state index in [2.05, 4.69) is 19.2 Å². The molecule has 0 aliphatic rings. The van der Waals surface area contributed by atoms with Crippen LogP contribution in [-0.4, -0.2) is 20.8 Å². The van der Waals surface area contributed by atoms with Crippen molar-refractivity contribution in [2.24, 2.45) is 0 Å². The molecule has 1 N–H and O–H groups in total. The fraction of sp³-hybridized carbons (Fsp3) is 0.500. The van der Waals surface area contributed by atoms with Crippen molar-refractivity contribution < 1.29 is 9.47 Å². The van der Waals surface area contributed by atoms with Crippen molar-refractivity contribution in [3.8, 4) is 11.5 Å². The fourth-order valence-corrected chi connectivity index (χ4v) is 1.59. The number of rotatable bonds is 5. The molecular weight excluding hydrogens is 190 g/mol. The lowest BCUT2D eigenvalue weighted by Crippen LogP contribution is -2.18. The van der Waals surface area contributed by atoms with Crippen LogP contribution in [0.2, 0.25) is 0 Å². The summed E-state index contributed by atoms with van der Waals surface area (Å²) in [4.78, 5) is 0. The minimum Gasteiger partial charge on any atom is -0.497 e. The van der Waals surface area contributed by atoms with Crippen molar-refractivity contribution in [1.82, 2.24) is 5.32 Å². The molecular formula is C12H19NO2. The van der Waals surface area contributed by atoms with Crippen LogP contribution in [0.1, 0.15) is 25.5 Å². The summed E-state index contributed by atoms with van der Waals surface area (Å²) < 4.78 is 10.5. The summed E-state index contributed by atoms with van der Waals surface area (Å²) in [7, 11) is 3.35. The summed E-state index contributed by atoms with van der Waals surface area (Å²) >= 11 is 0. The summed E-state index contributed by atoms with van der Waals surface area (Å²) in [5.41, 5.74) is 1.12. The third-order valence-electron chi connectivity index (χ3n) is 2.41. The Morgan fingerprint density at radius 3 is 2.53 bits per heavy atom. The number of methoxy groups -OCH3 is 2. The summed E-state index contributed by atoms with van der Waals surface area (Å²) in [5.74, 6) is 1.75. The average molecular weight is 209 g/mol. The topological polar surface area (TPSA) is 30.5 Å². The first-order valence-corrected chi connectivity index (χ1v) is 5.18. The number of hydrogen-bond acceptors (Lipinski definition) is 3. The lowest BCUT2D eigenvalue weighted by molar-refractivity contribution is 0.392. The predicted molar refractivity (Wildman–Crippen MR) is 61.6 cm³/mol. The fourth-order valence-electron chi connectivity index (χ4n) is 1.59. The van der Waals surface area contributed by atoms with E-state index in [-0.39, 0.29) is 6.04 Å². The Labute approximate surface area is 91.4 Å². The van der Waals surface area contributed by atoms with Gasteiger partial charge < -0.3 is 14.8 Å². The highest BCUT2D eigenvalue weighted by atomic mass is 16.5. The Hall–Kier alpha value is -1.22. The Kier molecular flexibility index (Phi) is 4.43. The van der Waals surface area contributed by atoms with Crippen molar-refractivity contribution in [2.75, 3.05) is 20.8 Å². The standard InChI is InChI=1S/C12H19NO2/c1-5-13-9(2)11-8-10(14-3)6-7-12(11)15-4/h6-9,13H,5H2,1-4H3. The summed E-state index contributed by atoms with van der Waals surface area (Å²) in [6.07, 6.45) is 0. The van der Waals surface area contributed by atoms with Crippen LogP contribution in [0.3, 0.4) is 0 Å². The van der Waals surface area contributed by atoms with Crippen LogP contribution in [-0.2, 0) is 0 Å². The molecule has 0 aliphatic heterocycles. The summed E-state index contributed by atoms with van der Waals surface area (Å²) in [6.45, 7) is 5.13. The second-order valence-corrected chi connectivity index (χ2v) is 3.39. The van der Waals surface area contributed by atoms with E-state index >= 15 is 0 Å². The molecule has 1 aromatic carbocycles. The SMILES string of the molecule is CCNC(C)c1cc(OC)ccc1OC. The maximum absolute atomic E-state index is 5.32. The van der Waals surface area contributed by atoms with Crippen LogP contribution in [0.15, 0.2) is 18.2 Å². The van der Waals surface area contributed by atoms with Gasteiger partial charge >= 0.3 is 0 Å². The minimum atomic E-state index is 0.264. The van der Waals surface area contributed by atoms with Crippen LogP contribution >= 0.6 is 0 Å². The van der Waals surface area contributed by atoms with E-state index in [4.69, 9.17) is 9.47 Å². The van der Waals surface area contributed by atoms with E-state index in [0.717, 1.165) is 23.6 Å². The van der Waals surface area contributed by atoms with Gasteiger partial charge in [-0.15, -0.1) is 0 Å². The van der Waals surface area contributed by atoms with E-state index in [1.807, 2.05) is 18.2 Å². The van der Waals surface area contributed by atoms with Gasteiger partial charge in [0.1, 0.15) is 11.5 Å². The lowest BCUT2D eigenvalue weighted by Gasteiger charge is -2.17. The Bertz CT molecular complexity index is 312. The van der Waals surface area contributed by atoms with Gasteiger partial charge in [0.25, 0.3) is 0 Å². The number of benzene rings is 1. The monoisotopic (exact) mass is 209 g/mol. The molecule has 0 amide bonds. The molecule has 1 rings (SSSR count). The molecule has 0 saturated heterocycles. The molecule has 0 saturated carbocycles. The highest BCUT2D eigenvalue weighted by molar-refractivity contribution is 5.42. The zero-order chi connectivity index (χ0) is 11.3. The van der Waals surface area contributed by atoms with Gasteiger partial charge in [0, 0.05) is 11.6 Å². The quantitative estimate of drug-likeness (QED) is 0.807. The van der Waals surface area contributed by atoms with E-state index in [1.165, 1.54) is 0 Å². The van der Waals surface area contributed by atoms with E-state index in [0.29, 0.717) is 0 Å². The number of nitrogens with one attached hydrogen (secondary N) is 1. The molecule has 3 nitrogen and oxygen atoms in total. The molecule has 0 heterocycles. The molecule has 0 aliphatic carbocycles. The summed E-state index contributed by atoms with van der Waals surface area (Å²) in [6, 6.07) is 6.11. The van der Waals surface area contributed by atoms with Crippen molar-refractivity contribution >= 4 is 0 Å². The largest absolute Gasteiger partial charge is 0.497 e. The van der Waals surface area contributed by atoms with Crippen molar-refractivity contribution in [3.05, 3.63) is 23.8 Å². The van der Waals surface area contributed by atoms with Gasteiger partial charge in [-0.3, -0.25) is 0 Å². The Morgan fingerprint density at radius 1 is 1.27 bits per heavy atom. The van der Waals surface area contributed by atoms with Gasteiger partial charge in [-0.05, 0) is 31.7 Å². The van der Waals surface area contributed by atoms with Gasteiger partial charge in [0.15, 0.2) is 0 Å². The summed E-state index contributed by atoms with van der Waals surface area (Å²) in [5, 5.41) is 3.35. The molecule has 0 fully saturated rings. The van der Waals surface area contributed by atoms with Gasteiger partial charge in [-0.1, -0.05) is 6.92 Å².